The van der Waals surface area contributed by atoms with E-state index < -0.39 is 0 Å². The molecule has 4 heteroatoms. The van der Waals surface area contributed by atoms with E-state index in [2.05, 4.69) is 5.10 Å². The number of rotatable bonds is 5. The first kappa shape index (κ1) is 14.3. The molecule has 0 spiro atoms. The van der Waals surface area contributed by atoms with Gasteiger partial charge in [0.05, 0.1) is 12.8 Å². The van der Waals surface area contributed by atoms with E-state index in [1.54, 1.807) is 13.2 Å². The monoisotopic (exact) mass is 272 g/mol. The Morgan fingerprint density at radius 2 is 2.10 bits per heavy atom. The van der Waals surface area contributed by atoms with Crippen molar-refractivity contribution in [1.29, 1.82) is 0 Å². The number of aryl methyl sites for hydroxylation is 2. The number of benzene rings is 1. The Kier molecular flexibility index (Phi) is 4.23. The molecule has 0 radical (unpaired) electrons. The Bertz CT molecular complexity index is 629. The van der Waals surface area contributed by atoms with Crippen molar-refractivity contribution in [3.8, 4) is 5.75 Å². The van der Waals surface area contributed by atoms with Crippen LogP contribution in [0.2, 0.25) is 0 Å². The Morgan fingerprint density at radius 1 is 1.35 bits per heavy atom. The molecule has 1 heterocycles. The van der Waals surface area contributed by atoms with Crippen LogP contribution in [0.15, 0.2) is 24.3 Å². The maximum atomic E-state index is 12.2. The molecule has 0 fully saturated rings. The molecule has 0 aliphatic carbocycles. The van der Waals surface area contributed by atoms with Gasteiger partial charge in [0.25, 0.3) is 0 Å². The number of ether oxygens (including phenoxy) is 1. The highest BCUT2D eigenvalue weighted by Gasteiger charge is 2.12. The molecule has 0 N–H and O–H groups in total. The van der Waals surface area contributed by atoms with Gasteiger partial charge >= 0.3 is 0 Å². The molecule has 2 rings (SSSR count). The summed E-state index contributed by atoms with van der Waals surface area (Å²) in [6, 6.07) is 7.29. The molecule has 0 amide bonds. The normalized spacial score (nSPS) is 10.6. The van der Waals surface area contributed by atoms with Crippen LogP contribution in [-0.2, 0) is 13.5 Å². The zero-order valence-corrected chi connectivity index (χ0v) is 12.4. The molecule has 0 atom stereocenters. The predicted molar refractivity (Wildman–Crippen MR) is 78.3 cm³/mol. The van der Waals surface area contributed by atoms with Crippen LogP contribution < -0.4 is 4.74 Å². The number of ketones is 1. The molecule has 0 bridgehead atoms. The van der Waals surface area contributed by atoms with Crippen molar-refractivity contribution in [3.05, 3.63) is 46.8 Å². The average Bonchev–Trinajstić information content (AvgIpc) is 2.70. The minimum absolute atomic E-state index is 0.131. The lowest BCUT2D eigenvalue weighted by Gasteiger charge is -2.05. The second-order valence-electron chi connectivity index (χ2n) is 4.93. The Balaban J connectivity index is 2.08. The van der Waals surface area contributed by atoms with E-state index in [1.807, 2.05) is 43.8 Å². The molecule has 106 valence electrons. The van der Waals surface area contributed by atoms with Gasteiger partial charge in [-0.3, -0.25) is 9.48 Å². The lowest BCUT2D eigenvalue weighted by molar-refractivity contribution is 0.0982. The summed E-state index contributed by atoms with van der Waals surface area (Å²) >= 11 is 0. The maximum absolute atomic E-state index is 12.2. The van der Waals surface area contributed by atoms with Gasteiger partial charge in [-0.25, -0.2) is 0 Å². The van der Waals surface area contributed by atoms with Crippen molar-refractivity contribution in [2.45, 2.75) is 26.7 Å². The zero-order valence-electron chi connectivity index (χ0n) is 12.4. The van der Waals surface area contributed by atoms with Crippen LogP contribution in [0, 0.1) is 13.8 Å². The number of hydrogen-bond donors (Lipinski definition) is 0. The third-order valence-electron chi connectivity index (χ3n) is 3.65. The van der Waals surface area contributed by atoms with Crippen molar-refractivity contribution in [1.82, 2.24) is 9.78 Å². The molecule has 0 saturated heterocycles. The van der Waals surface area contributed by atoms with Crippen molar-refractivity contribution in [2.24, 2.45) is 7.05 Å². The lowest BCUT2D eigenvalue weighted by atomic mass is 10.0. The summed E-state index contributed by atoms with van der Waals surface area (Å²) in [7, 11) is 3.53. The van der Waals surface area contributed by atoms with E-state index in [1.165, 1.54) is 5.56 Å². The summed E-state index contributed by atoms with van der Waals surface area (Å²) in [4.78, 5) is 12.2. The third kappa shape index (κ3) is 2.90. The molecule has 1 aromatic heterocycles. The summed E-state index contributed by atoms with van der Waals surface area (Å²) in [5, 5.41) is 4.37. The molecule has 1 aromatic carbocycles. The van der Waals surface area contributed by atoms with Gasteiger partial charge in [-0.1, -0.05) is 12.1 Å². The fourth-order valence-corrected chi connectivity index (χ4v) is 2.36. The minimum atomic E-state index is 0.131. The number of Topliss-reactive ketones (excluding diaryl/α,β-unsaturated/α-hetero) is 1. The van der Waals surface area contributed by atoms with Crippen LogP contribution in [0.5, 0.6) is 5.75 Å². The largest absolute Gasteiger partial charge is 0.497 e. The molecule has 0 saturated carbocycles. The van der Waals surface area contributed by atoms with Crippen LogP contribution in [0.25, 0.3) is 0 Å². The molecule has 0 unspecified atom stereocenters. The standard InChI is InChI=1S/C16H20N2O2/c1-11-15(12(2)18(3)17-11)8-9-16(19)13-6-5-7-14(10-13)20-4/h5-7,10H,8-9H2,1-4H3. The van der Waals surface area contributed by atoms with Gasteiger partial charge in [-0.2, -0.15) is 5.10 Å². The quantitative estimate of drug-likeness (QED) is 0.786. The molecular weight excluding hydrogens is 252 g/mol. The Labute approximate surface area is 119 Å². The zero-order chi connectivity index (χ0) is 14.7. The third-order valence-corrected chi connectivity index (χ3v) is 3.65. The molecule has 4 nitrogen and oxygen atoms in total. The Morgan fingerprint density at radius 3 is 2.70 bits per heavy atom. The minimum Gasteiger partial charge on any atom is -0.497 e. The van der Waals surface area contributed by atoms with Gasteiger partial charge in [-0.15, -0.1) is 0 Å². The van der Waals surface area contributed by atoms with Crippen LogP contribution in [-0.4, -0.2) is 22.7 Å². The highest BCUT2D eigenvalue weighted by Crippen LogP contribution is 2.18. The van der Waals surface area contributed by atoms with Crippen molar-refractivity contribution in [2.75, 3.05) is 7.11 Å². The van der Waals surface area contributed by atoms with Gasteiger partial charge in [-0.05, 0) is 38.0 Å². The summed E-state index contributed by atoms with van der Waals surface area (Å²) in [6.07, 6.45) is 1.21. The van der Waals surface area contributed by atoms with Crippen molar-refractivity contribution in [3.63, 3.8) is 0 Å². The molecule has 2 aromatic rings. The lowest BCUT2D eigenvalue weighted by Crippen LogP contribution is -2.03. The fourth-order valence-electron chi connectivity index (χ4n) is 2.36. The van der Waals surface area contributed by atoms with Gasteiger partial charge < -0.3 is 4.74 Å². The molecule has 0 aliphatic heterocycles. The summed E-state index contributed by atoms with van der Waals surface area (Å²) in [5.41, 5.74) is 4.00. The van der Waals surface area contributed by atoms with Crippen LogP contribution in [0.1, 0.15) is 33.7 Å². The van der Waals surface area contributed by atoms with E-state index in [4.69, 9.17) is 4.74 Å². The van der Waals surface area contributed by atoms with E-state index >= 15 is 0 Å². The van der Waals surface area contributed by atoms with Crippen molar-refractivity contribution < 1.29 is 9.53 Å². The van der Waals surface area contributed by atoms with Gasteiger partial charge in [0.1, 0.15) is 5.75 Å². The van der Waals surface area contributed by atoms with E-state index in [0.29, 0.717) is 17.7 Å². The second-order valence-corrected chi connectivity index (χ2v) is 4.93. The first-order valence-electron chi connectivity index (χ1n) is 6.69. The number of methoxy groups -OCH3 is 1. The topological polar surface area (TPSA) is 44.1 Å². The van der Waals surface area contributed by atoms with Gasteiger partial charge in [0.2, 0.25) is 0 Å². The number of aromatic nitrogens is 2. The summed E-state index contributed by atoms with van der Waals surface area (Å²) in [5.74, 6) is 0.844. The van der Waals surface area contributed by atoms with E-state index in [9.17, 15) is 4.79 Å². The van der Waals surface area contributed by atoms with Crippen molar-refractivity contribution >= 4 is 5.78 Å². The van der Waals surface area contributed by atoms with Crippen LogP contribution >= 0.6 is 0 Å². The number of hydrogen-bond acceptors (Lipinski definition) is 3. The van der Waals surface area contributed by atoms with Crippen LogP contribution in [0.3, 0.4) is 0 Å². The number of nitrogens with zero attached hydrogens (tertiary/aromatic N) is 2. The first-order chi connectivity index (χ1) is 9.52. The highest BCUT2D eigenvalue weighted by atomic mass is 16.5. The molecule has 20 heavy (non-hydrogen) atoms. The van der Waals surface area contributed by atoms with Gasteiger partial charge in [0.15, 0.2) is 5.78 Å². The van der Waals surface area contributed by atoms with E-state index in [-0.39, 0.29) is 5.78 Å². The predicted octanol–water partition coefficient (Wildman–Crippen LogP) is 2.86. The highest BCUT2D eigenvalue weighted by molar-refractivity contribution is 5.96. The molecule has 0 aliphatic rings. The summed E-state index contributed by atoms with van der Waals surface area (Å²) in [6.45, 7) is 4.02. The number of carbonyl (C=O) groups is 1. The SMILES string of the molecule is COc1cccc(C(=O)CCc2c(C)nn(C)c2C)c1. The molecular formula is C16H20N2O2. The second kappa shape index (κ2) is 5.90. The first-order valence-corrected chi connectivity index (χ1v) is 6.69. The Hall–Kier alpha value is -2.10. The van der Waals surface area contributed by atoms with E-state index in [0.717, 1.165) is 17.8 Å². The fraction of sp³-hybridized carbons (Fsp3) is 0.375. The van der Waals surface area contributed by atoms with Gasteiger partial charge in [0, 0.05) is 24.7 Å². The average molecular weight is 272 g/mol. The van der Waals surface area contributed by atoms with Crippen LogP contribution in [0.4, 0.5) is 0 Å². The summed E-state index contributed by atoms with van der Waals surface area (Å²) < 4.78 is 7.01. The smallest absolute Gasteiger partial charge is 0.163 e. The number of carbonyl (C=O) groups excluding carboxylic acids is 1. The maximum Gasteiger partial charge on any atom is 0.163 e.